The number of rotatable bonds is 7. The Balaban J connectivity index is 1.42. The normalized spacial score (nSPS) is 20.0. The minimum Gasteiger partial charge on any atom is -0.481 e. The molecule has 0 aromatic heterocycles. The molecule has 1 heterocycles. The van der Waals surface area contributed by atoms with Crippen LogP contribution in [0.4, 0.5) is 4.79 Å². The molecule has 2 aromatic rings. The number of hydrogen-bond donors (Lipinski definition) is 2. The number of hydrogen-bond acceptors (Lipinski definition) is 4. The number of carboxylic acid groups (broad SMARTS) is 1. The van der Waals surface area contributed by atoms with E-state index in [-0.39, 0.29) is 24.9 Å². The van der Waals surface area contributed by atoms with Crippen molar-refractivity contribution in [3.05, 3.63) is 72.3 Å². The van der Waals surface area contributed by atoms with Gasteiger partial charge in [0.05, 0.1) is 5.92 Å². The maximum atomic E-state index is 13.1. The summed E-state index contributed by atoms with van der Waals surface area (Å²) in [6.45, 7) is 5.90. The average Bonchev–Trinajstić information content (AvgIpc) is 3.35. The van der Waals surface area contributed by atoms with Gasteiger partial charge in [0, 0.05) is 18.5 Å². The number of carboxylic acids is 1. The minimum atomic E-state index is -0.914. The standard InChI is InChI=1S/C26H28N2O5/c1-3-8-23(24(29)28-14-13-17(16(28)2)25(30)31)27-26(32)33-15-22-20-11-6-4-9-18(20)19-10-5-7-12-21(19)22/h3-7,9-12,16-17,22-23H,1,8,13-15H2,2H3,(H,27,32)(H,30,31). The summed E-state index contributed by atoms with van der Waals surface area (Å²) in [4.78, 5) is 38.6. The topological polar surface area (TPSA) is 95.9 Å². The Morgan fingerprint density at radius 3 is 2.30 bits per heavy atom. The van der Waals surface area contributed by atoms with Crippen LogP contribution in [0, 0.1) is 5.92 Å². The van der Waals surface area contributed by atoms with Gasteiger partial charge in [-0.25, -0.2) is 4.79 Å². The SMILES string of the molecule is C=CCC(NC(=O)OCC1c2ccccc2-c2ccccc21)C(=O)N1CCC(C(=O)O)C1C. The fourth-order valence-electron chi connectivity index (χ4n) is 4.95. The van der Waals surface area contributed by atoms with Crippen LogP contribution >= 0.6 is 0 Å². The van der Waals surface area contributed by atoms with Gasteiger partial charge >= 0.3 is 12.1 Å². The molecule has 1 saturated heterocycles. The number of likely N-dealkylation sites (tertiary alicyclic amines) is 1. The molecule has 33 heavy (non-hydrogen) atoms. The zero-order chi connectivity index (χ0) is 23.5. The molecule has 2 N–H and O–H groups in total. The van der Waals surface area contributed by atoms with E-state index in [9.17, 15) is 19.5 Å². The first kappa shape index (κ1) is 22.6. The molecule has 3 atom stereocenters. The third-order valence-corrected chi connectivity index (χ3v) is 6.69. The van der Waals surface area contributed by atoms with Crippen molar-refractivity contribution in [3.63, 3.8) is 0 Å². The molecule has 0 radical (unpaired) electrons. The third-order valence-electron chi connectivity index (χ3n) is 6.69. The summed E-state index contributed by atoms with van der Waals surface area (Å²) in [7, 11) is 0. The van der Waals surface area contributed by atoms with Crippen molar-refractivity contribution in [1.29, 1.82) is 0 Å². The number of amides is 2. The van der Waals surface area contributed by atoms with E-state index < -0.39 is 30.1 Å². The van der Waals surface area contributed by atoms with Crippen LogP contribution in [-0.4, -0.2) is 53.2 Å². The molecule has 1 aliphatic carbocycles. The summed E-state index contributed by atoms with van der Waals surface area (Å²) in [5.74, 6) is -1.92. The minimum absolute atomic E-state index is 0.0772. The van der Waals surface area contributed by atoms with Gasteiger partial charge in [-0.3, -0.25) is 9.59 Å². The summed E-state index contributed by atoms with van der Waals surface area (Å²) in [5.41, 5.74) is 4.49. The highest BCUT2D eigenvalue weighted by molar-refractivity contribution is 5.87. The van der Waals surface area contributed by atoms with E-state index in [1.807, 2.05) is 36.4 Å². The second kappa shape index (κ2) is 9.48. The molecule has 7 heteroatoms. The highest BCUT2D eigenvalue weighted by Crippen LogP contribution is 2.44. The van der Waals surface area contributed by atoms with Crippen LogP contribution in [0.1, 0.15) is 36.8 Å². The number of ether oxygens (including phenoxy) is 1. The summed E-state index contributed by atoms with van der Waals surface area (Å²) >= 11 is 0. The zero-order valence-corrected chi connectivity index (χ0v) is 18.6. The molecular formula is C26H28N2O5. The lowest BCUT2D eigenvalue weighted by Gasteiger charge is -2.28. The van der Waals surface area contributed by atoms with Crippen LogP contribution in [0.5, 0.6) is 0 Å². The maximum absolute atomic E-state index is 13.1. The molecule has 2 aliphatic rings. The summed E-state index contributed by atoms with van der Waals surface area (Å²) in [6, 6.07) is 14.8. The molecule has 2 aromatic carbocycles. The molecule has 7 nitrogen and oxygen atoms in total. The number of benzene rings is 2. The highest BCUT2D eigenvalue weighted by atomic mass is 16.5. The molecule has 3 unspecified atom stereocenters. The van der Waals surface area contributed by atoms with Crippen molar-refractivity contribution in [2.24, 2.45) is 5.92 Å². The summed E-state index contributed by atoms with van der Waals surface area (Å²) in [6.07, 6.45) is 1.50. The number of nitrogens with one attached hydrogen (secondary N) is 1. The molecule has 4 rings (SSSR count). The number of nitrogens with zero attached hydrogens (tertiary/aromatic N) is 1. The van der Waals surface area contributed by atoms with E-state index in [0.717, 1.165) is 22.3 Å². The highest BCUT2D eigenvalue weighted by Gasteiger charge is 2.40. The predicted octanol–water partition coefficient (Wildman–Crippen LogP) is 3.79. The van der Waals surface area contributed by atoms with Crippen molar-refractivity contribution in [1.82, 2.24) is 10.2 Å². The Labute approximate surface area is 193 Å². The van der Waals surface area contributed by atoms with E-state index in [0.29, 0.717) is 13.0 Å². The monoisotopic (exact) mass is 448 g/mol. The number of alkyl carbamates (subject to hydrolysis) is 1. The van der Waals surface area contributed by atoms with Crippen molar-refractivity contribution in [2.75, 3.05) is 13.2 Å². The van der Waals surface area contributed by atoms with Crippen LogP contribution in [0.25, 0.3) is 11.1 Å². The van der Waals surface area contributed by atoms with Gasteiger partial charge in [0.1, 0.15) is 12.6 Å². The van der Waals surface area contributed by atoms with Crippen LogP contribution in [0.2, 0.25) is 0 Å². The van der Waals surface area contributed by atoms with Gasteiger partial charge in [0.2, 0.25) is 5.91 Å². The second-order valence-electron chi connectivity index (χ2n) is 8.55. The van der Waals surface area contributed by atoms with E-state index in [1.165, 1.54) is 4.90 Å². The van der Waals surface area contributed by atoms with Crippen molar-refractivity contribution in [2.45, 2.75) is 37.8 Å². The predicted molar refractivity (Wildman–Crippen MR) is 124 cm³/mol. The average molecular weight is 449 g/mol. The van der Waals surface area contributed by atoms with E-state index in [4.69, 9.17) is 4.74 Å². The summed E-state index contributed by atoms with van der Waals surface area (Å²) < 4.78 is 5.57. The lowest BCUT2D eigenvalue weighted by molar-refractivity contribution is -0.143. The molecule has 172 valence electrons. The fourth-order valence-corrected chi connectivity index (χ4v) is 4.95. The summed E-state index contributed by atoms with van der Waals surface area (Å²) in [5, 5.41) is 12.0. The fraction of sp³-hybridized carbons (Fsp3) is 0.346. The van der Waals surface area contributed by atoms with Crippen LogP contribution in [0.3, 0.4) is 0 Å². The van der Waals surface area contributed by atoms with E-state index >= 15 is 0 Å². The molecular weight excluding hydrogens is 420 g/mol. The molecule has 0 spiro atoms. The number of carbonyl (C=O) groups is 3. The first-order valence-corrected chi connectivity index (χ1v) is 11.2. The Morgan fingerprint density at radius 2 is 1.76 bits per heavy atom. The molecule has 2 amide bonds. The molecule has 0 saturated carbocycles. The number of fused-ring (bicyclic) bond motifs is 3. The maximum Gasteiger partial charge on any atom is 0.407 e. The van der Waals surface area contributed by atoms with E-state index in [2.05, 4.69) is 24.0 Å². The first-order valence-electron chi connectivity index (χ1n) is 11.2. The van der Waals surface area contributed by atoms with Gasteiger partial charge in [0.25, 0.3) is 0 Å². The van der Waals surface area contributed by atoms with Crippen LogP contribution in [0.15, 0.2) is 61.2 Å². The van der Waals surface area contributed by atoms with Crippen LogP contribution < -0.4 is 5.32 Å². The van der Waals surface area contributed by atoms with Crippen LogP contribution in [-0.2, 0) is 14.3 Å². The Kier molecular flexibility index (Phi) is 6.49. The Morgan fingerprint density at radius 1 is 1.15 bits per heavy atom. The smallest absolute Gasteiger partial charge is 0.407 e. The van der Waals surface area contributed by atoms with E-state index in [1.54, 1.807) is 13.0 Å². The van der Waals surface area contributed by atoms with Gasteiger partial charge in [0.15, 0.2) is 0 Å². The first-order chi connectivity index (χ1) is 15.9. The van der Waals surface area contributed by atoms with Gasteiger partial charge in [-0.1, -0.05) is 54.6 Å². The molecule has 1 fully saturated rings. The number of aliphatic carboxylic acids is 1. The Bertz CT molecular complexity index is 1040. The largest absolute Gasteiger partial charge is 0.481 e. The second-order valence-corrected chi connectivity index (χ2v) is 8.55. The number of carbonyl (C=O) groups excluding carboxylic acids is 2. The van der Waals surface area contributed by atoms with Gasteiger partial charge in [-0.15, -0.1) is 6.58 Å². The zero-order valence-electron chi connectivity index (χ0n) is 18.6. The quantitative estimate of drug-likeness (QED) is 0.629. The van der Waals surface area contributed by atoms with Gasteiger partial charge in [-0.05, 0) is 42.0 Å². The third kappa shape index (κ3) is 4.35. The lowest BCUT2D eigenvalue weighted by Crippen LogP contribution is -2.50. The molecule has 0 bridgehead atoms. The molecule has 1 aliphatic heterocycles. The van der Waals surface area contributed by atoms with Gasteiger partial charge < -0.3 is 20.1 Å². The Hall–Kier alpha value is -3.61. The van der Waals surface area contributed by atoms with Crippen molar-refractivity contribution in [3.8, 4) is 11.1 Å². The van der Waals surface area contributed by atoms with Crippen molar-refractivity contribution < 1.29 is 24.2 Å². The van der Waals surface area contributed by atoms with Gasteiger partial charge in [-0.2, -0.15) is 0 Å². The van der Waals surface area contributed by atoms with Crippen molar-refractivity contribution >= 4 is 18.0 Å². The lowest BCUT2D eigenvalue weighted by atomic mass is 9.98.